The second-order valence-electron chi connectivity index (χ2n) is 8.32. The smallest absolute Gasteiger partial charge is 0.239 e. The molecular formula is C21H28ClN3O2. The standard InChI is InChI=1S/C21H28ClN3O2/c22-17-5-3-16(4-6-17)21(9-10-21)15-24-12-7-18(8-13-24)23-19(26)14-25-11-1-2-20(25)27/h3-6,18H,1-2,7-15H2,(H,23,26). The van der Waals surface area contributed by atoms with Crippen LogP contribution >= 0.6 is 11.6 Å². The minimum Gasteiger partial charge on any atom is -0.352 e. The SMILES string of the molecule is O=C(CN1CCCC1=O)NC1CCN(CC2(c3ccc(Cl)cc3)CC2)CC1. The number of nitrogens with zero attached hydrogens (tertiary/aromatic N) is 2. The third kappa shape index (κ3) is 4.46. The number of nitrogens with one attached hydrogen (secondary N) is 1. The van der Waals surface area contributed by atoms with Gasteiger partial charge in [0.15, 0.2) is 0 Å². The lowest BCUT2D eigenvalue weighted by Gasteiger charge is -2.35. The molecule has 1 aliphatic carbocycles. The zero-order valence-electron chi connectivity index (χ0n) is 15.8. The molecule has 1 saturated carbocycles. The second-order valence-corrected chi connectivity index (χ2v) is 8.76. The first kappa shape index (κ1) is 18.8. The number of likely N-dealkylation sites (tertiary alicyclic amines) is 2. The van der Waals surface area contributed by atoms with Gasteiger partial charge < -0.3 is 15.1 Å². The number of hydrogen-bond acceptors (Lipinski definition) is 3. The van der Waals surface area contributed by atoms with Gasteiger partial charge in [0.05, 0.1) is 6.54 Å². The van der Waals surface area contributed by atoms with Crippen molar-refractivity contribution in [2.75, 3.05) is 32.7 Å². The number of piperidine rings is 1. The second kappa shape index (κ2) is 7.80. The fraction of sp³-hybridized carbons (Fsp3) is 0.619. The van der Waals surface area contributed by atoms with E-state index in [2.05, 4.69) is 22.3 Å². The van der Waals surface area contributed by atoms with Crippen LogP contribution in [0.1, 0.15) is 44.1 Å². The molecule has 1 aromatic carbocycles. The third-order valence-corrected chi connectivity index (χ3v) is 6.55. The minimum absolute atomic E-state index is 0.0106. The Bertz CT molecular complexity index is 694. The molecule has 1 N–H and O–H groups in total. The Labute approximate surface area is 166 Å². The molecule has 146 valence electrons. The highest BCUT2D eigenvalue weighted by Crippen LogP contribution is 2.49. The van der Waals surface area contributed by atoms with Crippen molar-refractivity contribution in [1.82, 2.24) is 15.1 Å². The van der Waals surface area contributed by atoms with Crippen LogP contribution in [0.2, 0.25) is 5.02 Å². The van der Waals surface area contributed by atoms with Gasteiger partial charge in [-0.05, 0) is 49.8 Å². The van der Waals surface area contributed by atoms with Gasteiger partial charge in [0.25, 0.3) is 0 Å². The van der Waals surface area contributed by atoms with E-state index in [0.29, 0.717) is 11.8 Å². The summed E-state index contributed by atoms with van der Waals surface area (Å²) in [6.45, 7) is 4.07. The predicted octanol–water partition coefficient (Wildman–Crippen LogP) is 2.57. The molecule has 2 amide bonds. The van der Waals surface area contributed by atoms with E-state index in [4.69, 9.17) is 11.6 Å². The van der Waals surface area contributed by atoms with Gasteiger partial charge in [-0.2, -0.15) is 0 Å². The quantitative estimate of drug-likeness (QED) is 0.813. The number of halogens is 1. The summed E-state index contributed by atoms with van der Waals surface area (Å²) in [7, 11) is 0. The largest absolute Gasteiger partial charge is 0.352 e. The first-order valence-corrected chi connectivity index (χ1v) is 10.5. The lowest BCUT2D eigenvalue weighted by Crippen LogP contribution is -2.48. The Kier molecular flexibility index (Phi) is 5.42. The van der Waals surface area contributed by atoms with Crippen LogP contribution in [0.15, 0.2) is 24.3 Å². The van der Waals surface area contributed by atoms with Crippen molar-refractivity contribution in [2.45, 2.75) is 50.0 Å². The van der Waals surface area contributed by atoms with Gasteiger partial charge in [-0.3, -0.25) is 9.59 Å². The van der Waals surface area contributed by atoms with Gasteiger partial charge in [-0.1, -0.05) is 23.7 Å². The van der Waals surface area contributed by atoms with E-state index in [1.807, 2.05) is 12.1 Å². The van der Waals surface area contributed by atoms with E-state index < -0.39 is 0 Å². The van der Waals surface area contributed by atoms with Gasteiger partial charge in [0, 0.05) is 49.1 Å². The molecule has 1 aromatic rings. The zero-order valence-corrected chi connectivity index (χ0v) is 16.5. The molecule has 2 saturated heterocycles. The molecule has 4 rings (SSSR count). The van der Waals surface area contributed by atoms with Gasteiger partial charge in [-0.25, -0.2) is 0 Å². The van der Waals surface area contributed by atoms with Crippen LogP contribution in [0.3, 0.4) is 0 Å². The first-order valence-electron chi connectivity index (χ1n) is 10.1. The fourth-order valence-corrected chi connectivity index (χ4v) is 4.60. The maximum atomic E-state index is 12.2. The van der Waals surface area contributed by atoms with Crippen LogP contribution in [0.25, 0.3) is 0 Å². The average Bonchev–Trinajstić information content (AvgIpc) is 3.33. The number of hydrogen-bond donors (Lipinski definition) is 1. The Morgan fingerprint density at radius 2 is 1.85 bits per heavy atom. The zero-order chi connectivity index (χ0) is 18.9. The van der Waals surface area contributed by atoms with E-state index in [1.54, 1.807) is 4.90 Å². The van der Waals surface area contributed by atoms with Gasteiger partial charge in [-0.15, -0.1) is 0 Å². The summed E-state index contributed by atoms with van der Waals surface area (Å²) in [5.74, 6) is 0.0976. The highest BCUT2D eigenvalue weighted by atomic mass is 35.5. The molecule has 2 aliphatic heterocycles. The Morgan fingerprint density at radius 3 is 2.44 bits per heavy atom. The summed E-state index contributed by atoms with van der Waals surface area (Å²) in [4.78, 5) is 28.1. The molecular weight excluding hydrogens is 362 g/mol. The van der Waals surface area contributed by atoms with Crippen molar-refractivity contribution in [2.24, 2.45) is 0 Å². The number of carbonyl (C=O) groups excluding carboxylic acids is 2. The molecule has 6 heteroatoms. The molecule has 3 fully saturated rings. The summed E-state index contributed by atoms with van der Waals surface area (Å²) in [6.07, 6.45) is 5.91. The van der Waals surface area contributed by atoms with E-state index >= 15 is 0 Å². The Balaban J connectivity index is 1.23. The molecule has 27 heavy (non-hydrogen) atoms. The normalized spacial score (nSPS) is 22.9. The lowest BCUT2D eigenvalue weighted by atomic mass is 9.94. The minimum atomic E-state index is -0.0106. The lowest BCUT2D eigenvalue weighted by molar-refractivity contribution is -0.133. The van der Waals surface area contributed by atoms with Crippen molar-refractivity contribution in [1.29, 1.82) is 0 Å². The third-order valence-electron chi connectivity index (χ3n) is 6.29. The van der Waals surface area contributed by atoms with Crippen LogP contribution in [0.4, 0.5) is 0 Å². The highest BCUT2D eigenvalue weighted by molar-refractivity contribution is 6.30. The average molecular weight is 390 g/mol. The van der Waals surface area contributed by atoms with Crippen molar-refractivity contribution >= 4 is 23.4 Å². The van der Waals surface area contributed by atoms with Crippen molar-refractivity contribution in [3.05, 3.63) is 34.9 Å². The maximum Gasteiger partial charge on any atom is 0.239 e. The van der Waals surface area contributed by atoms with Crippen LogP contribution < -0.4 is 5.32 Å². The van der Waals surface area contributed by atoms with Crippen molar-refractivity contribution in [3.63, 3.8) is 0 Å². The topological polar surface area (TPSA) is 52.7 Å². The predicted molar refractivity (Wildman–Crippen MR) is 106 cm³/mol. The molecule has 0 unspecified atom stereocenters. The molecule has 0 atom stereocenters. The van der Waals surface area contributed by atoms with E-state index in [0.717, 1.165) is 50.5 Å². The molecule has 0 spiro atoms. The summed E-state index contributed by atoms with van der Waals surface area (Å²) in [6, 6.07) is 8.55. The van der Waals surface area contributed by atoms with Crippen molar-refractivity contribution in [3.8, 4) is 0 Å². The monoisotopic (exact) mass is 389 g/mol. The number of amides is 2. The molecule has 0 aromatic heterocycles. The molecule has 5 nitrogen and oxygen atoms in total. The summed E-state index contributed by atoms with van der Waals surface area (Å²) < 4.78 is 0. The molecule has 0 bridgehead atoms. The Morgan fingerprint density at radius 1 is 1.15 bits per heavy atom. The van der Waals surface area contributed by atoms with E-state index in [-0.39, 0.29) is 24.4 Å². The summed E-state index contributed by atoms with van der Waals surface area (Å²) in [5.41, 5.74) is 1.70. The van der Waals surface area contributed by atoms with Crippen LogP contribution in [0, 0.1) is 0 Å². The maximum absolute atomic E-state index is 12.2. The summed E-state index contributed by atoms with van der Waals surface area (Å²) in [5, 5.41) is 3.92. The van der Waals surface area contributed by atoms with Gasteiger partial charge in [0.1, 0.15) is 0 Å². The highest BCUT2D eigenvalue weighted by Gasteiger charge is 2.45. The molecule has 2 heterocycles. The summed E-state index contributed by atoms with van der Waals surface area (Å²) >= 11 is 6.03. The van der Waals surface area contributed by atoms with Crippen molar-refractivity contribution < 1.29 is 9.59 Å². The molecule has 0 radical (unpaired) electrons. The van der Waals surface area contributed by atoms with Gasteiger partial charge in [0.2, 0.25) is 11.8 Å². The van der Waals surface area contributed by atoms with E-state index in [9.17, 15) is 9.59 Å². The van der Waals surface area contributed by atoms with Crippen LogP contribution in [-0.2, 0) is 15.0 Å². The van der Waals surface area contributed by atoms with Crippen LogP contribution in [-0.4, -0.2) is 60.4 Å². The molecule has 3 aliphatic rings. The number of benzene rings is 1. The Hall–Kier alpha value is -1.59. The number of carbonyl (C=O) groups is 2. The first-order chi connectivity index (χ1) is 13.0. The van der Waals surface area contributed by atoms with Gasteiger partial charge >= 0.3 is 0 Å². The van der Waals surface area contributed by atoms with Crippen LogP contribution in [0.5, 0.6) is 0 Å². The fourth-order valence-electron chi connectivity index (χ4n) is 4.47. The number of rotatable bonds is 6. The van der Waals surface area contributed by atoms with E-state index in [1.165, 1.54) is 18.4 Å².